The second-order valence-electron chi connectivity index (χ2n) is 7.13. The lowest BCUT2D eigenvalue weighted by Gasteiger charge is -2.24. The van der Waals surface area contributed by atoms with Gasteiger partial charge < -0.3 is 19.4 Å². The molecule has 1 amide bonds. The summed E-state index contributed by atoms with van der Waals surface area (Å²) >= 11 is 3.31. The van der Waals surface area contributed by atoms with E-state index in [0.717, 1.165) is 29.7 Å². The molecule has 0 saturated carbocycles. The molecule has 2 aromatic heterocycles. The van der Waals surface area contributed by atoms with E-state index in [4.69, 9.17) is 9.15 Å². The summed E-state index contributed by atoms with van der Waals surface area (Å²) in [4.78, 5) is 23.9. The Balaban J connectivity index is 1.56. The van der Waals surface area contributed by atoms with Gasteiger partial charge in [-0.1, -0.05) is 36.4 Å². The molecule has 1 aliphatic heterocycles. The number of carbonyl (C=O) groups excluding carboxylic acids is 1. The summed E-state index contributed by atoms with van der Waals surface area (Å²) in [6.07, 6.45) is 0. The highest BCUT2D eigenvalue weighted by molar-refractivity contribution is 9.10. The van der Waals surface area contributed by atoms with Crippen molar-refractivity contribution in [2.45, 2.75) is 0 Å². The Bertz CT molecular complexity index is 1240. The molecule has 0 spiro atoms. The average molecular weight is 479 g/mol. The third-order valence-electron chi connectivity index (χ3n) is 5.08. The highest BCUT2D eigenvalue weighted by atomic mass is 79.9. The van der Waals surface area contributed by atoms with Crippen LogP contribution in [0.2, 0.25) is 0 Å². The number of aromatic nitrogens is 2. The fraction of sp³-hybridized carbons (Fsp3) is 0.174. The van der Waals surface area contributed by atoms with Gasteiger partial charge in [-0.25, -0.2) is 4.98 Å². The second kappa shape index (κ2) is 8.49. The highest BCUT2D eigenvalue weighted by Gasteiger charge is 2.20. The van der Waals surface area contributed by atoms with Crippen LogP contribution in [0.5, 0.6) is 0 Å². The monoisotopic (exact) mass is 478 g/mol. The molecule has 0 bridgehead atoms. The normalized spacial score (nSPS) is 14.0. The molecule has 0 radical (unpaired) electrons. The van der Waals surface area contributed by atoms with Crippen molar-refractivity contribution in [2.75, 3.05) is 36.5 Å². The Morgan fingerprint density at radius 2 is 1.81 bits per heavy atom. The van der Waals surface area contributed by atoms with Crippen molar-refractivity contribution >= 4 is 44.6 Å². The molecular weight excluding hydrogens is 460 g/mol. The van der Waals surface area contributed by atoms with Crippen molar-refractivity contribution in [3.05, 3.63) is 71.0 Å². The molecule has 3 heterocycles. The van der Waals surface area contributed by atoms with Crippen molar-refractivity contribution in [3.8, 4) is 11.1 Å². The average Bonchev–Trinajstić information content (AvgIpc) is 3.23. The van der Waals surface area contributed by atoms with E-state index in [9.17, 15) is 4.79 Å². The first kappa shape index (κ1) is 19.7. The van der Waals surface area contributed by atoms with Crippen molar-refractivity contribution in [2.24, 2.45) is 0 Å². The van der Waals surface area contributed by atoms with Crippen LogP contribution in [-0.4, -0.2) is 42.2 Å². The van der Waals surface area contributed by atoms with E-state index in [2.05, 4.69) is 36.1 Å². The van der Waals surface area contributed by atoms with Crippen LogP contribution in [0.4, 0.5) is 11.7 Å². The molecule has 4 aromatic rings. The van der Waals surface area contributed by atoms with Crippen molar-refractivity contribution < 1.29 is 13.9 Å². The lowest BCUT2D eigenvalue weighted by Crippen LogP contribution is -2.36. The summed E-state index contributed by atoms with van der Waals surface area (Å²) in [5.74, 6) is -0.300. The predicted molar refractivity (Wildman–Crippen MR) is 122 cm³/mol. The second-order valence-corrected chi connectivity index (χ2v) is 7.94. The summed E-state index contributed by atoms with van der Waals surface area (Å²) in [6.45, 7) is 2.76. The zero-order valence-corrected chi connectivity index (χ0v) is 18.1. The van der Waals surface area contributed by atoms with E-state index in [1.807, 2.05) is 42.5 Å². The number of rotatable bonds is 4. The lowest BCUT2D eigenvalue weighted by molar-refractivity contribution is 0.102. The van der Waals surface area contributed by atoms with Gasteiger partial charge in [-0.05, 0) is 39.7 Å². The first-order valence-corrected chi connectivity index (χ1v) is 10.7. The molecule has 7 nitrogen and oxygen atoms in total. The third-order valence-corrected chi connectivity index (χ3v) is 5.52. The Morgan fingerprint density at radius 3 is 2.58 bits per heavy atom. The molecular formula is C23H19BrN4O3. The van der Waals surface area contributed by atoms with Gasteiger partial charge in [0.05, 0.1) is 18.9 Å². The van der Waals surface area contributed by atoms with E-state index >= 15 is 0 Å². The molecule has 0 unspecified atom stereocenters. The van der Waals surface area contributed by atoms with E-state index in [0.29, 0.717) is 40.8 Å². The van der Waals surface area contributed by atoms with Gasteiger partial charge in [0, 0.05) is 24.7 Å². The van der Waals surface area contributed by atoms with Gasteiger partial charge in [0.15, 0.2) is 5.58 Å². The van der Waals surface area contributed by atoms with Gasteiger partial charge >= 0.3 is 0 Å². The largest absolute Gasteiger partial charge is 0.423 e. The zero-order chi connectivity index (χ0) is 21.2. The van der Waals surface area contributed by atoms with E-state index < -0.39 is 0 Å². The number of amides is 1. The lowest BCUT2D eigenvalue weighted by atomic mass is 10.0. The maximum Gasteiger partial charge on any atom is 0.298 e. The van der Waals surface area contributed by atoms with Crippen LogP contribution in [-0.2, 0) is 4.74 Å². The number of pyridine rings is 1. The molecule has 2 aromatic carbocycles. The summed E-state index contributed by atoms with van der Waals surface area (Å²) in [7, 11) is 0. The highest BCUT2D eigenvalue weighted by Crippen LogP contribution is 2.34. The smallest absolute Gasteiger partial charge is 0.298 e. The van der Waals surface area contributed by atoms with Gasteiger partial charge in [0.2, 0.25) is 0 Å². The van der Waals surface area contributed by atoms with Crippen LogP contribution in [0.15, 0.2) is 69.7 Å². The SMILES string of the molecule is O=C(Nc1cc2oc(N3CCOCC3)nc2cc1-c1ccccc1)c1cccc(Br)n1. The van der Waals surface area contributed by atoms with Crippen molar-refractivity contribution in [1.82, 2.24) is 9.97 Å². The van der Waals surface area contributed by atoms with E-state index in [-0.39, 0.29) is 5.91 Å². The minimum Gasteiger partial charge on any atom is -0.423 e. The van der Waals surface area contributed by atoms with Crippen LogP contribution in [0.25, 0.3) is 22.2 Å². The quantitative estimate of drug-likeness (QED) is 0.426. The van der Waals surface area contributed by atoms with Crippen LogP contribution >= 0.6 is 15.9 Å². The molecule has 8 heteroatoms. The Labute approximate surface area is 187 Å². The number of morpholine rings is 1. The van der Waals surface area contributed by atoms with Gasteiger partial charge in [-0.3, -0.25) is 4.79 Å². The van der Waals surface area contributed by atoms with Gasteiger partial charge in [0.1, 0.15) is 15.8 Å². The molecule has 1 saturated heterocycles. The van der Waals surface area contributed by atoms with E-state index in [1.165, 1.54) is 0 Å². The number of carbonyl (C=O) groups is 1. The van der Waals surface area contributed by atoms with Crippen LogP contribution in [0, 0.1) is 0 Å². The van der Waals surface area contributed by atoms with Gasteiger partial charge in [0.25, 0.3) is 11.9 Å². The fourth-order valence-electron chi connectivity index (χ4n) is 3.53. The van der Waals surface area contributed by atoms with Gasteiger partial charge in [-0.15, -0.1) is 0 Å². The number of benzene rings is 2. The first-order valence-electron chi connectivity index (χ1n) is 9.94. The summed E-state index contributed by atoms with van der Waals surface area (Å²) < 4.78 is 12.0. The van der Waals surface area contributed by atoms with Crippen LogP contribution < -0.4 is 10.2 Å². The summed E-state index contributed by atoms with van der Waals surface area (Å²) in [5, 5.41) is 2.99. The zero-order valence-electron chi connectivity index (χ0n) is 16.5. The molecule has 1 N–H and O–H groups in total. The molecule has 31 heavy (non-hydrogen) atoms. The molecule has 0 aliphatic carbocycles. The Kier molecular flexibility index (Phi) is 5.40. The number of halogens is 1. The number of fused-ring (bicyclic) bond motifs is 1. The molecule has 5 rings (SSSR count). The van der Waals surface area contributed by atoms with Gasteiger partial charge in [-0.2, -0.15) is 4.98 Å². The van der Waals surface area contributed by atoms with Crippen molar-refractivity contribution in [1.29, 1.82) is 0 Å². The van der Waals surface area contributed by atoms with Crippen molar-refractivity contribution in [3.63, 3.8) is 0 Å². The standard InChI is InChI=1S/C23H19BrN4O3/c24-21-8-4-7-17(25-21)22(29)26-18-14-20-19(13-16(18)15-5-2-1-3-6-15)27-23(31-20)28-9-11-30-12-10-28/h1-8,13-14H,9-12H2,(H,26,29). The number of nitrogens with one attached hydrogen (secondary N) is 1. The number of hydrogen-bond acceptors (Lipinski definition) is 6. The third kappa shape index (κ3) is 4.17. The number of anilines is 2. The number of hydrogen-bond donors (Lipinski definition) is 1. The number of oxazole rings is 1. The Hall–Kier alpha value is -3.23. The molecule has 1 fully saturated rings. The summed E-state index contributed by atoms with van der Waals surface area (Å²) in [6, 6.07) is 19.4. The van der Waals surface area contributed by atoms with Crippen LogP contribution in [0.1, 0.15) is 10.5 Å². The van der Waals surface area contributed by atoms with Crippen LogP contribution in [0.3, 0.4) is 0 Å². The maximum absolute atomic E-state index is 12.9. The minimum absolute atomic E-state index is 0.300. The first-order chi connectivity index (χ1) is 15.2. The molecule has 156 valence electrons. The molecule has 1 aliphatic rings. The fourth-order valence-corrected chi connectivity index (χ4v) is 3.88. The minimum atomic E-state index is -0.300. The predicted octanol–water partition coefficient (Wildman–Crippen LogP) is 4.74. The van der Waals surface area contributed by atoms with E-state index in [1.54, 1.807) is 18.2 Å². The summed E-state index contributed by atoms with van der Waals surface area (Å²) in [5.41, 5.74) is 4.13. The molecule has 0 atom stereocenters. The topological polar surface area (TPSA) is 80.5 Å². The maximum atomic E-state index is 12.9. The number of ether oxygens (including phenoxy) is 1. The Morgan fingerprint density at radius 1 is 1.00 bits per heavy atom. The number of nitrogens with zero attached hydrogens (tertiary/aromatic N) is 3.